The lowest BCUT2D eigenvalue weighted by atomic mass is 9.70. The Morgan fingerprint density at radius 2 is 1.96 bits per heavy atom. The second kappa shape index (κ2) is 5.10. The monoisotopic (exact) mass is 322 g/mol. The number of rotatable bonds is 1. The van der Waals surface area contributed by atoms with Crippen molar-refractivity contribution in [2.75, 3.05) is 0 Å². The maximum Gasteiger partial charge on any atom is 0.163 e. The van der Waals surface area contributed by atoms with Gasteiger partial charge in [-0.25, -0.2) is 0 Å². The molecule has 24 heavy (non-hydrogen) atoms. The smallest absolute Gasteiger partial charge is 0.163 e. The van der Waals surface area contributed by atoms with Crippen molar-refractivity contribution in [3.8, 4) is 11.5 Å². The molecule has 1 N–H and O–H groups in total. The van der Waals surface area contributed by atoms with E-state index < -0.39 is 0 Å². The van der Waals surface area contributed by atoms with Crippen molar-refractivity contribution in [3.05, 3.63) is 47.2 Å². The fourth-order valence-corrected chi connectivity index (χ4v) is 4.20. The third-order valence-electron chi connectivity index (χ3n) is 5.22. The van der Waals surface area contributed by atoms with E-state index in [4.69, 9.17) is 4.74 Å². The maximum atomic E-state index is 12.8. The highest BCUT2D eigenvalue weighted by Gasteiger charge is 2.41. The average molecular weight is 322 g/mol. The molecule has 0 fully saturated rings. The van der Waals surface area contributed by atoms with Gasteiger partial charge in [0.2, 0.25) is 0 Å². The minimum Gasteiger partial charge on any atom is -0.508 e. The van der Waals surface area contributed by atoms with Crippen molar-refractivity contribution in [2.24, 2.45) is 5.41 Å². The van der Waals surface area contributed by atoms with Crippen LogP contribution in [0.2, 0.25) is 0 Å². The SMILES string of the molecule is CCC1C2=C(CC(C)(C)CC2=O)Oc2ccc3ccc(O)cc3c21. The summed E-state index contributed by atoms with van der Waals surface area (Å²) >= 11 is 0. The summed E-state index contributed by atoms with van der Waals surface area (Å²) in [5, 5.41) is 12.0. The van der Waals surface area contributed by atoms with Gasteiger partial charge in [0.05, 0.1) is 0 Å². The Hall–Kier alpha value is -2.29. The van der Waals surface area contributed by atoms with Crippen LogP contribution in [0, 0.1) is 5.41 Å². The molecular formula is C21H22O3. The van der Waals surface area contributed by atoms with Crippen molar-refractivity contribution in [1.82, 2.24) is 0 Å². The second-order valence-electron chi connectivity index (χ2n) is 7.72. The van der Waals surface area contributed by atoms with Crippen LogP contribution in [0.25, 0.3) is 10.8 Å². The third kappa shape index (κ3) is 2.22. The van der Waals surface area contributed by atoms with E-state index >= 15 is 0 Å². The topological polar surface area (TPSA) is 46.5 Å². The first kappa shape index (κ1) is 15.3. The Balaban J connectivity index is 1.96. The number of allylic oxidation sites excluding steroid dienone is 2. The molecule has 0 aromatic heterocycles. The zero-order valence-corrected chi connectivity index (χ0v) is 14.3. The predicted octanol–water partition coefficient (Wildman–Crippen LogP) is 5.07. The van der Waals surface area contributed by atoms with Crippen LogP contribution in [0.3, 0.4) is 0 Å². The molecule has 1 atom stereocenters. The van der Waals surface area contributed by atoms with Crippen molar-refractivity contribution in [2.45, 2.75) is 46.0 Å². The van der Waals surface area contributed by atoms with Crippen LogP contribution in [0.1, 0.15) is 51.5 Å². The molecule has 2 aliphatic rings. The minimum absolute atomic E-state index is 0.0397. The van der Waals surface area contributed by atoms with Crippen molar-refractivity contribution >= 4 is 16.6 Å². The molecular weight excluding hydrogens is 300 g/mol. The number of benzene rings is 2. The lowest BCUT2D eigenvalue weighted by Crippen LogP contribution is -2.32. The molecule has 0 amide bonds. The van der Waals surface area contributed by atoms with Crippen LogP contribution < -0.4 is 4.74 Å². The summed E-state index contributed by atoms with van der Waals surface area (Å²) in [7, 11) is 0. The lowest BCUT2D eigenvalue weighted by Gasteiger charge is -2.38. The highest BCUT2D eigenvalue weighted by atomic mass is 16.5. The average Bonchev–Trinajstić information content (AvgIpc) is 2.51. The van der Waals surface area contributed by atoms with Gasteiger partial charge in [-0.05, 0) is 40.8 Å². The quantitative estimate of drug-likeness (QED) is 0.797. The number of carbonyl (C=O) groups is 1. The van der Waals surface area contributed by atoms with E-state index in [1.807, 2.05) is 18.2 Å². The van der Waals surface area contributed by atoms with Gasteiger partial charge in [-0.3, -0.25) is 4.79 Å². The molecule has 0 saturated carbocycles. The molecule has 1 unspecified atom stereocenters. The number of ether oxygens (including phenoxy) is 1. The number of Topliss-reactive ketones (excluding diaryl/α,β-unsaturated/α-hetero) is 1. The Kier molecular flexibility index (Phi) is 3.24. The van der Waals surface area contributed by atoms with Gasteiger partial charge < -0.3 is 9.84 Å². The predicted molar refractivity (Wildman–Crippen MR) is 94.3 cm³/mol. The second-order valence-corrected chi connectivity index (χ2v) is 7.72. The summed E-state index contributed by atoms with van der Waals surface area (Å²) in [4.78, 5) is 12.8. The standard InChI is InChI=1S/C21H22O3/c1-4-14-19-15-9-13(22)7-5-12(15)6-8-17(19)24-18-11-21(2,3)10-16(23)20(14)18/h5-9,14,22H,4,10-11H2,1-3H3. The largest absolute Gasteiger partial charge is 0.508 e. The number of phenols is 1. The van der Waals surface area contributed by atoms with Crippen LogP contribution in [0.15, 0.2) is 41.7 Å². The fraction of sp³-hybridized carbons (Fsp3) is 0.381. The summed E-state index contributed by atoms with van der Waals surface area (Å²) in [6, 6.07) is 9.39. The highest BCUT2D eigenvalue weighted by Crippen LogP contribution is 2.50. The first-order valence-corrected chi connectivity index (χ1v) is 8.59. The Morgan fingerprint density at radius 3 is 2.71 bits per heavy atom. The molecule has 4 rings (SSSR count). The molecule has 0 bridgehead atoms. The number of carbonyl (C=O) groups excluding carboxylic acids is 1. The van der Waals surface area contributed by atoms with Gasteiger partial charge >= 0.3 is 0 Å². The van der Waals surface area contributed by atoms with Crippen molar-refractivity contribution in [1.29, 1.82) is 0 Å². The molecule has 0 saturated heterocycles. The van der Waals surface area contributed by atoms with Gasteiger partial charge in [-0.2, -0.15) is 0 Å². The third-order valence-corrected chi connectivity index (χ3v) is 5.22. The maximum absolute atomic E-state index is 12.8. The van der Waals surface area contributed by atoms with Gasteiger partial charge in [0.15, 0.2) is 5.78 Å². The van der Waals surface area contributed by atoms with E-state index in [-0.39, 0.29) is 22.9 Å². The first-order valence-electron chi connectivity index (χ1n) is 8.59. The van der Waals surface area contributed by atoms with Crippen LogP contribution in [-0.4, -0.2) is 10.9 Å². The Labute approximate surface area is 141 Å². The van der Waals surface area contributed by atoms with Crippen molar-refractivity contribution in [3.63, 3.8) is 0 Å². The van der Waals surface area contributed by atoms with E-state index in [2.05, 4.69) is 20.8 Å². The zero-order chi connectivity index (χ0) is 17.1. The van der Waals surface area contributed by atoms with Gasteiger partial charge in [-0.1, -0.05) is 32.9 Å². The van der Waals surface area contributed by atoms with Crippen molar-refractivity contribution < 1.29 is 14.6 Å². The van der Waals surface area contributed by atoms with Crippen LogP contribution in [0.5, 0.6) is 11.5 Å². The normalized spacial score (nSPS) is 22.1. The van der Waals surface area contributed by atoms with Crippen LogP contribution in [0.4, 0.5) is 0 Å². The first-order chi connectivity index (χ1) is 11.4. The Bertz CT molecular complexity index is 889. The number of fused-ring (bicyclic) bond motifs is 3. The van der Waals surface area contributed by atoms with E-state index in [1.54, 1.807) is 12.1 Å². The van der Waals surface area contributed by atoms with E-state index in [0.717, 1.165) is 46.3 Å². The Morgan fingerprint density at radius 1 is 1.21 bits per heavy atom. The van der Waals surface area contributed by atoms with Gasteiger partial charge in [0.25, 0.3) is 0 Å². The van der Waals surface area contributed by atoms with E-state index in [1.165, 1.54) is 0 Å². The highest BCUT2D eigenvalue weighted by molar-refractivity contribution is 6.01. The fourth-order valence-electron chi connectivity index (χ4n) is 4.20. The molecule has 1 aliphatic carbocycles. The zero-order valence-electron chi connectivity index (χ0n) is 14.3. The number of ketones is 1. The molecule has 2 aromatic rings. The van der Waals surface area contributed by atoms with Crippen LogP contribution in [-0.2, 0) is 4.79 Å². The summed E-state index contributed by atoms with van der Waals surface area (Å²) < 4.78 is 6.20. The molecule has 0 radical (unpaired) electrons. The van der Waals surface area contributed by atoms with Gasteiger partial charge in [0, 0.05) is 29.9 Å². The minimum atomic E-state index is -0.0547. The molecule has 3 nitrogen and oxygen atoms in total. The summed E-state index contributed by atoms with van der Waals surface area (Å²) in [6.07, 6.45) is 2.20. The van der Waals surface area contributed by atoms with E-state index in [9.17, 15) is 9.90 Å². The molecule has 1 heterocycles. The summed E-state index contributed by atoms with van der Waals surface area (Å²) in [5.41, 5.74) is 1.83. The molecule has 1 aliphatic heterocycles. The lowest BCUT2D eigenvalue weighted by molar-refractivity contribution is -0.118. The molecule has 124 valence electrons. The summed E-state index contributed by atoms with van der Waals surface area (Å²) in [6.45, 7) is 6.35. The molecule has 2 aromatic carbocycles. The number of aromatic hydroxyl groups is 1. The van der Waals surface area contributed by atoms with E-state index in [0.29, 0.717) is 6.42 Å². The number of hydrogen-bond donors (Lipinski definition) is 1. The molecule has 3 heteroatoms. The van der Waals surface area contributed by atoms with Gasteiger partial charge in [0.1, 0.15) is 17.3 Å². The number of phenolic OH excluding ortho intramolecular Hbond substituents is 1. The molecule has 0 spiro atoms. The number of hydrogen-bond acceptors (Lipinski definition) is 3. The van der Waals surface area contributed by atoms with Gasteiger partial charge in [-0.15, -0.1) is 0 Å². The summed E-state index contributed by atoms with van der Waals surface area (Å²) in [5.74, 6) is 2.15. The van der Waals surface area contributed by atoms with Crippen LogP contribution >= 0.6 is 0 Å².